The molecule has 6 heteroatoms. The maximum absolute atomic E-state index is 10.9. The van der Waals surface area contributed by atoms with Gasteiger partial charge in [-0.15, -0.1) is 0 Å². The molecule has 0 heterocycles. The van der Waals surface area contributed by atoms with Crippen LogP contribution in [-0.2, 0) is 0 Å². The molecular weight excluding hydrogens is 245 g/mol. The fourth-order valence-electron chi connectivity index (χ4n) is 2.90. The maximum atomic E-state index is 10.9. The second-order valence-electron chi connectivity index (χ2n) is 5.74. The average molecular weight is 271 g/mol. The Kier molecular flexibility index (Phi) is 8.06. The Balaban J connectivity index is 2.42. The fourth-order valence-corrected chi connectivity index (χ4v) is 2.90. The van der Waals surface area contributed by atoms with Gasteiger partial charge in [-0.1, -0.05) is 44.9 Å². The lowest BCUT2D eigenvalue weighted by Gasteiger charge is -2.15. The summed E-state index contributed by atoms with van der Waals surface area (Å²) in [6.07, 6.45) is 9.76. The SMILES string of the molecule is O=[N+]([O-])C1CCCCCCC(B(O)O)CCCCC1. The predicted molar refractivity (Wildman–Crippen MR) is 75.5 cm³/mol. The van der Waals surface area contributed by atoms with Gasteiger partial charge in [0.15, 0.2) is 0 Å². The van der Waals surface area contributed by atoms with E-state index in [0.717, 1.165) is 57.8 Å². The van der Waals surface area contributed by atoms with Crippen molar-refractivity contribution in [3.63, 3.8) is 0 Å². The summed E-state index contributed by atoms with van der Waals surface area (Å²) in [6.45, 7) is 0. The number of hydrogen-bond donors (Lipinski definition) is 2. The molecule has 1 saturated carbocycles. The maximum Gasteiger partial charge on any atom is 0.454 e. The Labute approximate surface area is 115 Å². The number of hydrogen-bond acceptors (Lipinski definition) is 4. The minimum Gasteiger partial charge on any atom is -0.427 e. The first-order valence-corrected chi connectivity index (χ1v) is 7.61. The topological polar surface area (TPSA) is 83.6 Å². The molecule has 2 unspecified atom stereocenters. The summed E-state index contributed by atoms with van der Waals surface area (Å²) >= 11 is 0. The molecule has 2 atom stereocenters. The summed E-state index contributed by atoms with van der Waals surface area (Å²) in [6, 6.07) is -0.375. The molecule has 0 spiro atoms. The summed E-state index contributed by atoms with van der Waals surface area (Å²) in [7, 11) is -1.21. The second kappa shape index (κ2) is 9.31. The van der Waals surface area contributed by atoms with Crippen LogP contribution in [0.1, 0.15) is 70.6 Å². The van der Waals surface area contributed by atoms with Gasteiger partial charge in [-0.3, -0.25) is 10.1 Å². The Morgan fingerprint density at radius 2 is 1.26 bits per heavy atom. The summed E-state index contributed by atoms with van der Waals surface area (Å²) < 4.78 is 0. The van der Waals surface area contributed by atoms with Crippen molar-refractivity contribution in [2.45, 2.75) is 82.5 Å². The van der Waals surface area contributed by atoms with Gasteiger partial charge in [0.05, 0.1) is 0 Å². The molecule has 0 aromatic carbocycles. The van der Waals surface area contributed by atoms with Crippen molar-refractivity contribution >= 4 is 7.12 Å². The molecule has 0 saturated heterocycles. The highest BCUT2D eigenvalue weighted by Gasteiger charge is 2.23. The molecule has 19 heavy (non-hydrogen) atoms. The van der Waals surface area contributed by atoms with Crippen LogP contribution in [0.5, 0.6) is 0 Å². The Hall–Kier alpha value is -0.615. The van der Waals surface area contributed by atoms with Crippen LogP contribution in [0.15, 0.2) is 0 Å². The van der Waals surface area contributed by atoms with Crippen LogP contribution < -0.4 is 0 Å². The van der Waals surface area contributed by atoms with Crippen LogP contribution in [0.4, 0.5) is 0 Å². The van der Waals surface area contributed by atoms with Crippen molar-refractivity contribution in [1.29, 1.82) is 0 Å². The van der Waals surface area contributed by atoms with E-state index in [2.05, 4.69) is 0 Å². The second-order valence-corrected chi connectivity index (χ2v) is 5.74. The van der Waals surface area contributed by atoms with Gasteiger partial charge in [-0.25, -0.2) is 0 Å². The highest BCUT2D eigenvalue weighted by molar-refractivity contribution is 6.43. The minimum absolute atomic E-state index is 0.0212. The highest BCUT2D eigenvalue weighted by atomic mass is 16.6. The lowest BCUT2D eigenvalue weighted by molar-refractivity contribution is -0.524. The molecule has 1 rings (SSSR count). The Bertz CT molecular complexity index is 263. The zero-order valence-corrected chi connectivity index (χ0v) is 11.7. The highest BCUT2D eigenvalue weighted by Crippen LogP contribution is 2.26. The summed E-state index contributed by atoms with van der Waals surface area (Å²) in [4.78, 5) is 10.8. The van der Waals surface area contributed by atoms with Crippen LogP contribution in [0.2, 0.25) is 5.82 Å². The molecule has 0 aromatic rings. The van der Waals surface area contributed by atoms with E-state index in [9.17, 15) is 20.2 Å². The summed E-state index contributed by atoms with van der Waals surface area (Å²) in [5.74, 6) is -0.0212. The van der Waals surface area contributed by atoms with E-state index in [1.54, 1.807) is 0 Å². The van der Waals surface area contributed by atoms with Crippen LogP contribution in [0.3, 0.4) is 0 Å². The van der Waals surface area contributed by atoms with Gasteiger partial charge < -0.3 is 10.0 Å². The third-order valence-electron chi connectivity index (χ3n) is 4.19. The van der Waals surface area contributed by atoms with Gasteiger partial charge in [0, 0.05) is 17.8 Å². The van der Waals surface area contributed by atoms with E-state index >= 15 is 0 Å². The van der Waals surface area contributed by atoms with Gasteiger partial charge in [0.25, 0.3) is 0 Å². The number of nitro groups is 1. The molecule has 5 nitrogen and oxygen atoms in total. The molecule has 0 amide bonds. The van der Waals surface area contributed by atoms with Gasteiger partial charge in [0.1, 0.15) is 0 Å². The Morgan fingerprint density at radius 1 is 0.842 bits per heavy atom. The molecule has 0 aromatic heterocycles. The number of rotatable bonds is 2. The molecular formula is C13H26BNO4. The fraction of sp³-hybridized carbons (Fsp3) is 1.00. The first kappa shape index (κ1) is 16.4. The first-order chi connectivity index (χ1) is 9.11. The van der Waals surface area contributed by atoms with Gasteiger partial charge in [-0.05, 0) is 18.7 Å². The lowest BCUT2D eigenvalue weighted by Crippen LogP contribution is -2.20. The normalized spacial score (nSPS) is 27.7. The van der Waals surface area contributed by atoms with E-state index in [4.69, 9.17) is 0 Å². The third-order valence-corrected chi connectivity index (χ3v) is 4.19. The van der Waals surface area contributed by atoms with E-state index in [0.29, 0.717) is 12.8 Å². The first-order valence-electron chi connectivity index (χ1n) is 7.61. The molecule has 1 aliphatic rings. The largest absolute Gasteiger partial charge is 0.454 e. The van der Waals surface area contributed by atoms with Crippen molar-refractivity contribution in [3.05, 3.63) is 10.1 Å². The number of nitrogens with zero attached hydrogens (tertiary/aromatic N) is 1. The minimum atomic E-state index is -1.21. The smallest absolute Gasteiger partial charge is 0.427 e. The van der Waals surface area contributed by atoms with Crippen LogP contribution in [-0.4, -0.2) is 28.1 Å². The molecule has 110 valence electrons. The average Bonchev–Trinajstić information content (AvgIpc) is 2.37. The lowest BCUT2D eigenvalue weighted by atomic mass is 9.67. The zero-order valence-electron chi connectivity index (χ0n) is 11.7. The monoisotopic (exact) mass is 271 g/mol. The molecule has 0 aliphatic heterocycles. The van der Waals surface area contributed by atoms with E-state index in [-0.39, 0.29) is 16.8 Å². The van der Waals surface area contributed by atoms with Crippen LogP contribution in [0, 0.1) is 10.1 Å². The van der Waals surface area contributed by atoms with Crippen molar-refractivity contribution < 1.29 is 15.0 Å². The molecule has 0 bridgehead atoms. The van der Waals surface area contributed by atoms with Crippen molar-refractivity contribution in [2.75, 3.05) is 0 Å². The molecule has 2 N–H and O–H groups in total. The van der Waals surface area contributed by atoms with E-state index in [1.807, 2.05) is 0 Å². The zero-order chi connectivity index (χ0) is 14.1. The van der Waals surface area contributed by atoms with Gasteiger partial charge in [0.2, 0.25) is 6.04 Å². The van der Waals surface area contributed by atoms with E-state index in [1.165, 1.54) is 0 Å². The molecule has 0 radical (unpaired) electrons. The van der Waals surface area contributed by atoms with Crippen LogP contribution in [0.25, 0.3) is 0 Å². The van der Waals surface area contributed by atoms with Crippen molar-refractivity contribution in [2.24, 2.45) is 0 Å². The van der Waals surface area contributed by atoms with Gasteiger partial charge in [-0.2, -0.15) is 0 Å². The van der Waals surface area contributed by atoms with Crippen LogP contribution >= 0.6 is 0 Å². The predicted octanol–water partition coefficient (Wildman–Crippen LogP) is 2.78. The summed E-state index contributed by atoms with van der Waals surface area (Å²) in [5, 5.41) is 29.6. The third kappa shape index (κ3) is 6.92. The molecule has 1 aliphatic carbocycles. The van der Waals surface area contributed by atoms with Crippen molar-refractivity contribution in [1.82, 2.24) is 0 Å². The van der Waals surface area contributed by atoms with Crippen molar-refractivity contribution in [3.8, 4) is 0 Å². The Morgan fingerprint density at radius 3 is 1.68 bits per heavy atom. The quantitative estimate of drug-likeness (QED) is 0.459. The van der Waals surface area contributed by atoms with E-state index < -0.39 is 7.12 Å². The van der Waals surface area contributed by atoms with Gasteiger partial charge >= 0.3 is 7.12 Å². The standard InChI is InChI=1S/C13H26BNO4/c16-14(17)12-8-4-1-2-6-10-13(15(18)19)11-7-3-5-9-12/h12-13,16-17H,1-11H2. The summed E-state index contributed by atoms with van der Waals surface area (Å²) in [5.41, 5.74) is 0. The molecule has 1 fully saturated rings.